The molecule has 0 rings (SSSR count). The molecule has 1 unspecified atom stereocenters. The van der Waals surface area contributed by atoms with Crippen molar-refractivity contribution in [3.8, 4) is 0 Å². The Morgan fingerprint density at radius 2 is 1.71 bits per heavy atom. The lowest BCUT2D eigenvalue weighted by Crippen LogP contribution is -2.50. The lowest BCUT2D eigenvalue weighted by Gasteiger charge is -2.37. The number of aliphatic imine (C=N–C) groups is 2. The second kappa shape index (κ2) is 6.42. The van der Waals surface area contributed by atoms with Crippen LogP contribution in [-0.2, 0) is 9.59 Å². The molecular formula is C11H20N4O2. The number of carbonyl (C=O) groups excluding carboxylic acids is 2. The SMILES string of the molecule is CC(CCN)CC(C)(C)C(N)(N=C=O)N=C=O. The number of rotatable bonds is 7. The second-order valence-electron chi connectivity index (χ2n) is 4.90. The Morgan fingerprint density at radius 1 is 1.24 bits per heavy atom. The Hall–Kier alpha value is -1.32. The molecule has 0 aliphatic rings. The van der Waals surface area contributed by atoms with E-state index >= 15 is 0 Å². The quantitative estimate of drug-likeness (QED) is 0.503. The van der Waals surface area contributed by atoms with E-state index < -0.39 is 11.2 Å². The maximum Gasteiger partial charge on any atom is 0.238 e. The molecule has 0 saturated heterocycles. The molecule has 0 amide bonds. The highest BCUT2D eigenvalue weighted by Gasteiger charge is 2.43. The Kier molecular flexibility index (Phi) is 5.93. The molecule has 4 N–H and O–H groups in total. The van der Waals surface area contributed by atoms with Crippen LogP contribution in [0.15, 0.2) is 9.98 Å². The highest BCUT2D eigenvalue weighted by atomic mass is 16.1. The van der Waals surface area contributed by atoms with Gasteiger partial charge in [-0.25, -0.2) is 9.59 Å². The normalized spacial score (nSPS) is 16.3. The van der Waals surface area contributed by atoms with Gasteiger partial charge in [0.1, 0.15) is 0 Å². The summed E-state index contributed by atoms with van der Waals surface area (Å²) < 4.78 is 0. The van der Waals surface area contributed by atoms with E-state index in [1.54, 1.807) is 13.8 Å². The molecule has 96 valence electrons. The lowest BCUT2D eigenvalue weighted by molar-refractivity contribution is 0.139. The van der Waals surface area contributed by atoms with E-state index in [9.17, 15) is 9.59 Å². The van der Waals surface area contributed by atoms with Crippen molar-refractivity contribution in [3.63, 3.8) is 0 Å². The molecule has 0 bridgehead atoms. The van der Waals surface area contributed by atoms with Crippen molar-refractivity contribution in [1.82, 2.24) is 0 Å². The van der Waals surface area contributed by atoms with Crippen molar-refractivity contribution in [1.29, 1.82) is 0 Å². The first-order chi connectivity index (χ1) is 7.83. The van der Waals surface area contributed by atoms with Gasteiger partial charge in [-0.2, -0.15) is 9.98 Å². The van der Waals surface area contributed by atoms with E-state index in [1.165, 1.54) is 12.2 Å². The van der Waals surface area contributed by atoms with E-state index in [4.69, 9.17) is 11.5 Å². The maximum atomic E-state index is 10.4. The van der Waals surface area contributed by atoms with Gasteiger partial charge in [-0.15, -0.1) is 0 Å². The number of nitrogens with two attached hydrogens (primary N) is 2. The summed E-state index contributed by atoms with van der Waals surface area (Å²) in [4.78, 5) is 27.6. The largest absolute Gasteiger partial charge is 0.330 e. The first kappa shape index (κ1) is 15.7. The van der Waals surface area contributed by atoms with Crippen molar-refractivity contribution in [3.05, 3.63) is 0 Å². The molecule has 0 aliphatic heterocycles. The molecule has 0 fully saturated rings. The predicted octanol–water partition coefficient (Wildman–Crippen LogP) is 0.672. The van der Waals surface area contributed by atoms with Crippen molar-refractivity contribution in [2.24, 2.45) is 32.8 Å². The Morgan fingerprint density at radius 3 is 2.06 bits per heavy atom. The summed E-state index contributed by atoms with van der Waals surface area (Å²) in [7, 11) is 0. The van der Waals surface area contributed by atoms with Crippen molar-refractivity contribution >= 4 is 12.2 Å². The molecule has 0 radical (unpaired) electrons. The van der Waals surface area contributed by atoms with Crippen molar-refractivity contribution < 1.29 is 9.59 Å². The van der Waals surface area contributed by atoms with E-state index in [0.717, 1.165) is 6.42 Å². The fourth-order valence-electron chi connectivity index (χ4n) is 1.87. The van der Waals surface area contributed by atoms with E-state index in [1.807, 2.05) is 6.92 Å². The summed E-state index contributed by atoms with van der Waals surface area (Å²) in [6.07, 6.45) is 4.18. The van der Waals surface area contributed by atoms with Gasteiger partial charge in [0.2, 0.25) is 17.9 Å². The van der Waals surface area contributed by atoms with Crippen LogP contribution in [-0.4, -0.2) is 24.5 Å². The van der Waals surface area contributed by atoms with Gasteiger partial charge in [-0.3, -0.25) is 5.73 Å². The third kappa shape index (κ3) is 4.21. The molecule has 0 heterocycles. The average Bonchev–Trinajstić information content (AvgIpc) is 2.17. The van der Waals surface area contributed by atoms with Crippen LogP contribution in [0.1, 0.15) is 33.6 Å². The summed E-state index contributed by atoms with van der Waals surface area (Å²) in [5, 5.41) is 0. The van der Waals surface area contributed by atoms with Crippen LogP contribution in [0.2, 0.25) is 0 Å². The first-order valence-corrected chi connectivity index (χ1v) is 5.50. The highest BCUT2D eigenvalue weighted by Crippen LogP contribution is 2.37. The highest BCUT2D eigenvalue weighted by molar-refractivity contribution is 5.39. The minimum Gasteiger partial charge on any atom is -0.330 e. The zero-order chi connectivity index (χ0) is 13.5. The molecule has 1 atom stereocenters. The van der Waals surface area contributed by atoms with Crippen molar-refractivity contribution in [2.75, 3.05) is 6.54 Å². The molecular weight excluding hydrogens is 220 g/mol. The van der Waals surface area contributed by atoms with Gasteiger partial charge in [-0.05, 0) is 25.3 Å². The minimum atomic E-state index is -1.61. The summed E-state index contributed by atoms with van der Waals surface area (Å²) in [5.41, 5.74) is 10.7. The summed E-state index contributed by atoms with van der Waals surface area (Å²) in [6.45, 7) is 6.18. The van der Waals surface area contributed by atoms with E-state index in [-0.39, 0.29) is 0 Å². The Labute approximate surface area is 101 Å². The lowest BCUT2D eigenvalue weighted by atomic mass is 9.77. The second-order valence-corrected chi connectivity index (χ2v) is 4.90. The molecule has 17 heavy (non-hydrogen) atoms. The van der Waals surface area contributed by atoms with Crippen LogP contribution in [0, 0.1) is 11.3 Å². The zero-order valence-electron chi connectivity index (χ0n) is 10.6. The monoisotopic (exact) mass is 240 g/mol. The fourth-order valence-corrected chi connectivity index (χ4v) is 1.87. The Bertz CT molecular complexity index is 323. The molecule has 6 nitrogen and oxygen atoms in total. The van der Waals surface area contributed by atoms with Crippen LogP contribution in [0.3, 0.4) is 0 Å². The summed E-state index contributed by atoms with van der Waals surface area (Å²) in [5.74, 6) is -1.32. The number of hydrogen-bond acceptors (Lipinski definition) is 6. The third-order valence-corrected chi connectivity index (χ3v) is 2.95. The standard InChI is InChI=1S/C11H20N4O2/c1-9(4-5-12)6-10(2,3)11(13,14-7-16)15-8-17/h9H,4-6,12-13H2,1-3H3. The topological polar surface area (TPSA) is 111 Å². The molecule has 0 aromatic carbocycles. The van der Waals surface area contributed by atoms with Crippen LogP contribution in [0.4, 0.5) is 0 Å². The minimum absolute atomic E-state index is 0.293. The molecule has 6 heteroatoms. The molecule has 0 spiro atoms. The summed E-state index contributed by atoms with van der Waals surface area (Å²) >= 11 is 0. The van der Waals surface area contributed by atoms with Crippen LogP contribution in [0.5, 0.6) is 0 Å². The molecule has 0 aromatic heterocycles. The number of isocyanates is 2. The maximum absolute atomic E-state index is 10.4. The molecule has 0 aliphatic carbocycles. The van der Waals surface area contributed by atoms with Crippen LogP contribution < -0.4 is 11.5 Å². The van der Waals surface area contributed by atoms with E-state index in [2.05, 4.69) is 9.98 Å². The average molecular weight is 240 g/mol. The predicted molar refractivity (Wildman–Crippen MR) is 64.4 cm³/mol. The van der Waals surface area contributed by atoms with Gasteiger partial charge in [0.25, 0.3) is 0 Å². The smallest absolute Gasteiger partial charge is 0.238 e. The van der Waals surface area contributed by atoms with Crippen LogP contribution in [0.25, 0.3) is 0 Å². The van der Waals surface area contributed by atoms with Crippen molar-refractivity contribution in [2.45, 2.75) is 39.4 Å². The number of hydrogen-bond donors (Lipinski definition) is 2. The molecule has 0 aromatic rings. The number of nitrogens with zero attached hydrogens (tertiary/aromatic N) is 2. The van der Waals surface area contributed by atoms with Gasteiger partial charge in [0, 0.05) is 5.41 Å². The fraction of sp³-hybridized carbons (Fsp3) is 0.818. The first-order valence-electron chi connectivity index (χ1n) is 5.50. The zero-order valence-corrected chi connectivity index (χ0v) is 10.6. The van der Waals surface area contributed by atoms with E-state index in [0.29, 0.717) is 18.9 Å². The molecule has 0 saturated carbocycles. The summed E-state index contributed by atoms with van der Waals surface area (Å²) in [6, 6.07) is 0. The van der Waals surface area contributed by atoms with Gasteiger partial charge in [0.05, 0.1) is 0 Å². The van der Waals surface area contributed by atoms with Gasteiger partial charge in [0.15, 0.2) is 0 Å². The third-order valence-electron chi connectivity index (χ3n) is 2.95. The van der Waals surface area contributed by atoms with Gasteiger partial charge in [-0.1, -0.05) is 20.8 Å². The van der Waals surface area contributed by atoms with Gasteiger partial charge >= 0.3 is 0 Å². The Balaban J connectivity index is 5.08. The van der Waals surface area contributed by atoms with Crippen LogP contribution >= 0.6 is 0 Å². The van der Waals surface area contributed by atoms with Gasteiger partial charge < -0.3 is 5.73 Å².